The molecule has 28 heavy (non-hydrogen) atoms. The summed E-state index contributed by atoms with van der Waals surface area (Å²) in [6, 6.07) is 9.83. The Hall–Kier alpha value is -1.89. The Labute approximate surface area is 169 Å². The molecule has 1 fully saturated rings. The lowest BCUT2D eigenvalue weighted by atomic mass is 9.97. The molecule has 4 rings (SSSR count). The van der Waals surface area contributed by atoms with E-state index in [-0.39, 0.29) is 23.3 Å². The fourth-order valence-corrected chi connectivity index (χ4v) is 4.15. The number of nitrogens with zero attached hydrogens (tertiary/aromatic N) is 2. The molecule has 2 aliphatic rings. The maximum atomic E-state index is 14.1. The van der Waals surface area contributed by atoms with Gasteiger partial charge in [0.15, 0.2) is 11.0 Å². The standard InChI is InChI=1S/C21H25ClFN3O2/c1-13(2)28-19-6-4-3-5-14(19)17-12-26(9-8-24-17)18-7-10-27-21-15(18)11-16(23)20(22)25-21/h3-6,11,13,17-18,24H,7-10,12H2,1-2H3/t17-,18-/m0/s1. The number of pyridine rings is 1. The van der Waals surface area contributed by atoms with E-state index in [1.165, 1.54) is 6.07 Å². The van der Waals surface area contributed by atoms with E-state index in [9.17, 15) is 4.39 Å². The first-order chi connectivity index (χ1) is 13.5. The minimum absolute atomic E-state index is 0.0609. The van der Waals surface area contributed by atoms with Gasteiger partial charge in [0.05, 0.1) is 12.7 Å². The van der Waals surface area contributed by atoms with Gasteiger partial charge < -0.3 is 14.8 Å². The quantitative estimate of drug-likeness (QED) is 0.775. The number of hydrogen-bond donors (Lipinski definition) is 1. The number of nitrogens with one attached hydrogen (secondary N) is 1. The lowest BCUT2D eigenvalue weighted by Gasteiger charge is -2.41. The summed E-state index contributed by atoms with van der Waals surface area (Å²) in [5.41, 5.74) is 1.93. The van der Waals surface area contributed by atoms with E-state index in [0.717, 1.165) is 42.9 Å². The van der Waals surface area contributed by atoms with Gasteiger partial charge in [-0.3, -0.25) is 4.90 Å². The normalized spacial score (nSPS) is 22.6. The molecule has 2 atom stereocenters. The molecule has 0 bridgehead atoms. The van der Waals surface area contributed by atoms with E-state index in [1.807, 2.05) is 32.0 Å². The van der Waals surface area contributed by atoms with Crippen LogP contribution in [-0.4, -0.2) is 42.2 Å². The van der Waals surface area contributed by atoms with E-state index in [2.05, 4.69) is 21.3 Å². The Morgan fingerprint density at radius 3 is 2.96 bits per heavy atom. The lowest BCUT2D eigenvalue weighted by Crippen LogP contribution is -2.48. The molecule has 0 radical (unpaired) electrons. The number of para-hydroxylation sites is 1. The highest BCUT2D eigenvalue weighted by Crippen LogP contribution is 2.38. The van der Waals surface area contributed by atoms with E-state index in [1.54, 1.807) is 0 Å². The van der Waals surface area contributed by atoms with Crippen LogP contribution in [-0.2, 0) is 0 Å². The fraction of sp³-hybridized carbons (Fsp3) is 0.476. The summed E-state index contributed by atoms with van der Waals surface area (Å²) >= 11 is 5.84. The van der Waals surface area contributed by atoms with Crippen molar-refractivity contribution in [2.24, 2.45) is 0 Å². The minimum atomic E-state index is -0.502. The largest absolute Gasteiger partial charge is 0.491 e. The van der Waals surface area contributed by atoms with Crippen LogP contribution in [0.15, 0.2) is 30.3 Å². The van der Waals surface area contributed by atoms with E-state index < -0.39 is 5.82 Å². The Morgan fingerprint density at radius 1 is 1.32 bits per heavy atom. The number of ether oxygens (including phenoxy) is 2. The first-order valence-corrected chi connectivity index (χ1v) is 10.1. The summed E-state index contributed by atoms with van der Waals surface area (Å²) in [4.78, 5) is 6.47. The predicted octanol–water partition coefficient (Wildman–Crippen LogP) is 4.13. The lowest BCUT2D eigenvalue weighted by molar-refractivity contribution is 0.102. The van der Waals surface area contributed by atoms with Gasteiger partial charge in [0.1, 0.15) is 5.75 Å². The molecule has 0 spiro atoms. The maximum Gasteiger partial charge on any atom is 0.219 e. The molecule has 1 N–H and O–H groups in total. The number of hydrogen-bond acceptors (Lipinski definition) is 5. The van der Waals surface area contributed by atoms with Crippen molar-refractivity contribution < 1.29 is 13.9 Å². The van der Waals surface area contributed by atoms with Gasteiger partial charge in [-0.2, -0.15) is 4.98 Å². The second-order valence-corrected chi connectivity index (χ2v) is 7.87. The van der Waals surface area contributed by atoms with Crippen molar-refractivity contribution in [2.45, 2.75) is 38.5 Å². The van der Waals surface area contributed by atoms with Gasteiger partial charge in [0.25, 0.3) is 0 Å². The van der Waals surface area contributed by atoms with Gasteiger partial charge in [0, 0.05) is 49.3 Å². The average molecular weight is 406 g/mol. The van der Waals surface area contributed by atoms with Gasteiger partial charge in [-0.1, -0.05) is 29.8 Å². The summed E-state index contributed by atoms with van der Waals surface area (Å²) < 4.78 is 25.7. The highest BCUT2D eigenvalue weighted by atomic mass is 35.5. The number of halogens is 2. The zero-order valence-corrected chi connectivity index (χ0v) is 16.9. The average Bonchev–Trinajstić information content (AvgIpc) is 2.68. The summed E-state index contributed by atoms with van der Waals surface area (Å²) in [6.07, 6.45) is 0.911. The highest BCUT2D eigenvalue weighted by molar-refractivity contribution is 6.29. The molecule has 1 aromatic carbocycles. The van der Waals surface area contributed by atoms with E-state index >= 15 is 0 Å². The SMILES string of the molecule is CC(C)Oc1ccccc1[C@@H]1CN([C@H]2CCOc3nc(Cl)c(F)cc32)CCN1. The first kappa shape index (κ1) is 19.4. The van der Waals surface area contributed by atoms with Crippen LogP contribution in [0, 0.1) is 5.82 Å². The van der Waals surface area contributed by atoms with Crippen molar-refractivity contribution in [2.75, 3.05) is 26.2 Å². The zero-order chi connectivity index (χ0) is 19.7. The van der Waals surface area contributed by atoms with Gasteiger partial charge in [-0.15, -0.1) is 0 Å². The van der Waals surface area contributed by atoms with Crippen molar-refractivity contribution in [3.05, 3.63) is 52.4 Å². The molecule has 5 nitrogen and oxygen atoms in total. The summed E-state index contributed by atoms with van der Waals surface area (Å²) in [6.45, 7) is 7.13. The Balaban J connectivity index is 1.59. The van der Waals surface area contributed by atoms with Crippen LogP contribution in [0.4, 0.5) is 4.39 Å². The predicted molar refractivity (Wildman–Crippen MR) is 107 cm³/mol. The number of fused-ring (bicyclic) bond motifs is 1. The van der Waals surface area contributed by atoms with Crippen LogP contribution in [0.3, 0.4) is 0 Å². The number of piperazine rings is 1. The van der Waals surface area contributed by atoms with Crippen molar-refractivity contribution in [3.63, 3.8) is 0 Å². The third kappa shape index (κ3) is 3.95. The number of benzene rings is 1. The zero-order valence-electron chi connectivity index (χ0n) is 16.1. The van der Waals surface area contributed by atoms with E-state index in [0.29, 0.717) is 12.5 Å². The third-order valence-electron chi connectivity index (χ3n) is 5.22. The van der Waals surface area contributed by atoms with Crippen molar-refractivity contribution in [3.8, 4) is 11.6 Å². The maximum absolute atomic E-state index is 14.1. The van der Waals surface area contributed by atoms with Crippen molar-refractivity contribution >= 4 is 11.6 Å². The van der Waals surface area contributed by atoms with Gasteiger partial charge >= 0.3 is 0 Å². The summed E-state index contributed by atoms with van der Waals surface area (Å²) in [5.74, 6) is 0.850. The Kier molecular flexibility index (Phi) is 5.71. The Morgan fingerprint density at radius 2 is 2.14 bits per heavy atom. The second-order valence-electron chi connectivity index (χ2n) is 7.51. The van der Waals surface area contributed by atoms with Crippen LogP contribution in [0.5, 0.6) is 11.6 Å². The molecule has 1 saturated heterocycles. The molecular formula is C21H25ClFN3O2. The molecule has 0 aliphatic carbocycles. The number of rotatable bonds is 4. The molecule has 150 valence electrons. The molecule has 0 amide bonds. The number of aromatic nitrogens is 1. The van der Waals surface area contributed by atoms with Crippen LogP contribution >= 0.6 is 11.6 Å². The van der Waals surface area contributed by atoms with Gasteiger partial charge in [0.2, 0.25) is 5.88 Å². The molecule has 2 aliphatic heterocycles. The second kappa shape index (κ2) is 8.23. The topological polar surface area (TPSA) is 46.6 Å². The van der Waals surface area contributed by atoms with Crippen LogP contribution in [0.1, 0.15) is 43.5 Å². The smallest absolute Gasteiger partial charge is 0.219 e. The Bertz CT molecular complexity index is 848. The van der Waals surface area contributed by atoms with Crippen LogP contribution in [0.2, 0.25) is 5.15 Å². The van der Waals surface area contributed by atoms with Crippen molar-refractivity contribution in [1.82, 2.24) is 15.2 Å². The van der Waals surface area contributed by atoms with Gasteiger partial charge in [-0.25, -0.2) is 4.39 Å². The molecule has 3 heterocycles. The van der Waals surface area contributed by atoms with Crippen LogP contribution in [0.25, 0.3) is 0 Å². The minimum Gasteiger partial charge on any atom is -0.491 e. The van der Waals surface area contributed by atoms with Crippen molar-refractivity contribution in [1.29, 1.82) is 0 Å². The van der Waals surface area contributed by atoms with Crippen LogP contribution < -0.4 is 14.8 Å². The summed E-state index contributed by atoms with van der Waals surface area (Å²) in [7, 11) is 0. The molecule has 2 aromatic rings. The monoisotopic (exact) mass is 405 g/mol. The summed E-state index contributed by atoms with van der Waals surface area (Å²) in [5, 5.41) is 3.46. The fourth-order valence-electron chi connectivity index (χ4n) is 4.02. The third-order valence-corrected chi connectivity index (χ3v) is 5.48. The molecular weight excluding hydrogens is 381 g/mol. The molecule has 0 unspecified atom stereocenters. The molecule has 7 heteroatoms. The molecule has 1 aromatic heterocycles. The molecule has 0 saturated carbocycles. The van der Waals surface area contributed by atoms with E-state index in [4.69, 9.17) is 21.1 Å². The highest BCUT2D eigenvalue weighted by Gasteiger charge is 2.33. The van der Waals surface area contributed by atoms with Gasteiger partial charge in [-0.05, 0) is 26.0 Å². The first-order valence-electron chi connectivity index (χ1n) is 9.74.